The number of amides is 1. The van der Waals surface area contributed by atoms with Crippen molar-refractivity contribution in [3.05, 3.63) is 65.9 Å². The molecule has 1 amide bonds. The summed E-state index contributed by atoms with van der Waals surface area (Å²) in [7, 11) is -4.13. The van der Waals surface area contributed by atoms with Crippen LogP contribution >= 0.6 is 0 Å². The predicted molar refractivity (Wildman–Crippen MR) is 89.7 cm³/mol. The van der Waals surface area contributed by atoms with E-state index in [0.29, 0.717) is 10.9 Å². The molecular formula is C17H16N2O4S. The Hall–Kier alpha value is -2.64. The summed E-state index contributed by atoms with van der Waals surface area (Å²) < 4.78 is 30.1. The van der Waals surface area contributed by atoms with Crippen molar-refractivity contribution in [3.8, 4) is 0 Å². The van der Waals surface area contributed by atoms with E-state index in [4.69, 9.17) is 9.92 Å². The van der Waals surface area contributed by atoms with Gasteiger partial charge in [-0.15, -0.1) is 0 Å². The van der Waals surface area contributed by atoms with Crippen molar-refractivity contribution in [1.29, 1.82) is 0 Å². The summed E-state index contributed by atoms with van der Waals surface area (Å²) in [6, 6.07) is 13.3. The Kier molecular flexibility index (Phi) is 4.13. The van der Waals surface area contributed by atoms with Crippen LogP contribution in [0.25, 0.3) is 10.9 Å². The summed E-state index contributed by atoms with van der Waals surface area (Å²) in [5.41, 5.74) is 7.44. The van der Waals surface area contributed by atoms with Gasteiger partial charge in [0.2, 0.25) is 0 Å². The van der Waals surface area contributed by atoms with Crippen LogP contribution in [0.2, 0.25) is 0 Å². The number of hydrogen-bond acceptors (Lipinski definition) is 4. The van der Waals surface area contributed by atoms with E-state index in [9.17, 15) is 13.2 Å². The van der Waals surface area contributed by atoms with E-state index in [1.807, 2.05) is 19.1 Å². The predicted octanol–water partition coefficient (Wildman–Crippen LogP) is 2.41. The second-order valence-electron chi connectivity index (χ2n) is 5.44. The van der Waals surface area contributed by atoms with Gasteiger partial charge in [-0.3, -0.25) is 4.79 Å². The zero-order chi connectivity index (χ0) is 17.3. The highest BCUT2D eigenvalue weighted by atomic mass is 32.2. The molecule has 0 radical (unpaired) electrons. The minimum atomic E-state index is -4.13. The Bertz CT molecular complexity index is 991. The number of nitrogens with one attached hydrogen (secondary N) is 1. The first kappa shape index (κ1) is 16.2. The zero-order valence-corrected chi connectivity index (χ0v) is 13.7. The van der Waals surface area contributed by atoms with Crippen LogP contribution in [0.3, 0.4) is 0 Å². The third-order valence-electron chi connectivity index (χ3n) is 3.69. The number of carbonyl (C=O) groups excluding carboxylic acids is 1. The largest absolute Gasteiger partial charge is 0.367 e. The third-order valence-corrected chi connectivity index (χ3v) is 4.99. The molecule has 0 aliphatic carbocycles. The molecule has 124 valence electrons. The number of fused-ring (bicyclic) bond motifs is 1. The van der Waals surface area contributed by atoms with Gasteiger partial charge >= 0.3 is 0 Å². The average molecular weight is 344 g/mol. The van der Waals surface area contributed by atoms with Gasteiger partial charge in [0.1, 0.15) is 0 Å². The van der Waals surface area contributed by atoms with E-state index in [1.165, 1.54) is 18.3 Å². The molecule has 1 heterocycles. The molecule has 24 heavy (non-hydrogen) atoms. The molecule has 1 atom stereocenters. The summed E-state index contributed by atoms with van der Waals surface area (Å²) in [5.74, 6) is -0.879. The summed E-state index contributed by atoms with van der Waals surface area (Å²) in [6.45, 7) is 1.84. The van der Waals surface area contributed by atoms with Gasteiger partial charge in [0, 0.05) is 22.7 Å². The molecule has 0 bridgehead atoms. The first-order valence-corrected chi connectivity index (χ1v) is 8.64. The maximum absolute atomic E-state index is 12.4. The van der Waals surface area contributed by atoms with Crippen LogP contribution in [-0.2, 0) is 19.1 Å². The number of carbonyl (C=O) groups is 1. The van der Waals surface area contributed by atoms with E-state index in [-0.39, 0.29) is 4.90 Å². The van der Waals surface area contributed by atoms with E-state index in [2.05, 4.69) is 4.98 Å². The molecular weight excluding hydrogens is 328 g/mol. The number of aromatic amines is 1. The average Bonchev–Trinajstić information content (AvgIpc) is 2.96. The van der Waals surface area contributed by atoms with Gasteiger partial charge in [-0.25, -0.2) is 4.18 Å². The minimum Gasteiger partial charge on any atom is -0.367 e. The lowest BCUT2D eigenvalue weighted by molar-refractivity contribution is -0.124. The fourth-order valence-corrected chi connectivity index (χ4v) is 3.48. The van der Waals surface area contributed by atoms with E-state index in [1.54, 1.807) is 24.3 Å². The fraction of sp³-hybridized carbons (Fsp3) is 0.118. The lowest BCUT2D eigenvalue weighted by atomic mass is 10.1. The van der Waals surface area contributed by atoms with Crippen molar-refractivity contribution in [2.24, 2.45) is 5.73 Å². The molecule has 0 saturated heterocycles. The number of H-pyrrole nitrogens is 1. The number of primary amides is 1. The van der Waals surface area contributed by atoms with Crippen LogP contribution in [0.5, 0.6) is 0 Å². The number of rotatable bonds is 5. The lowest BCUT2D eigenvalue weighted by Gasteiger charge is -2.14. The van der Waals surface area contributed by atoms with Crippen LogP contribution < -0.4 is 5.73 Å². The third kappa shape index (κ3) is 3.04. The van der Waals surface area contributed by atoms with E-state index < -0.39 is 22.1 Å². The standard InChI is InChI=1S/C17H16N2O4S/c1-11-6-8-12(9-7-11)24(21,22)23-16(17(18)20)14-10-19-15-5-3-2-4-13(14)15/h2-10,16,19H,1H3,(H2,18,20)/t16-/m0/s1. The maximum Gasteiger partial charge on any atom is 0.298 e. The quantitative estimate of drug-likeness (QED) is 0.694. The van der Waals surface area contributed by atoms with Gasteiger partial charge in [-0.1, -0.05) is 35.9 Å². The summed E-state index contributed by atoms with van der Waals surface area (Å²) >= 11 is 0. The number of para-hydroxylation sites is 1. The SMILES string of the molecule is Cc1ccc(S(=O)(=O)O[C@H](C(N)=O)c2c[nH]c3ccccc23)cc1. The topological polar surface area (TPSA) is 102 Å². The van der Waals surface area contributed by atoms with E-state index in [0.717, 1.165) is 11.1 Å². The summed E-state index contributed by atoms with van der Waals surface area (Å²) in [6.07, 6.45) is 0.123. The van der Waals surface area contributed by atoms with Crippen molar-refractivity contribution in [3.63, 3.8) is 0 Å². The van der Waals surface area contributed by atoms with Crippen LogP contribution in [0, 0.1) is 6.92 Å². The Morgan fingerprint density at radius 3 is 2.46 bits per heavy atom. The molecule has 3 aromatic rings. The molecule has 0 aliphatic heterocycles. The van der Waals surface area contributed by atoms with Gasteiger partial charge < -0.3 is 10.7 Å². The monoisotopic (exact) mass is 344 g/mol. The van der Waals surface area contributed by atoms with Crippen molar-refractivity contribution < 1.29 is 17.4 Å². The summed E-state index contributed by atoms with van der Waals surface area (Å²) in [5, 5.41) is 0.681. The Morgan fingerprint density at radius 2 is 1.79 bits per heavy atom. The zero-order valence-electron chi connectivity index (χ0n) is 12.9. The first-order chi connectivity index (χ1) is 11.4. The fourth-order valence-electron chi connectivity index (χ4n) is 2.45. The Balaban J connectivity index is 2.00. The van der Waals surface area contributed by atoms with Gasteiger partial charge in [-0.2, -0.15) is 8.42 Å². The van der Waals surface area contributed by atoms with Crippen LogP contribution in [0.15, 0.2) is 59.6 Å². The van der Waals surface area contributed by atoms with Gasteiger partial charge in [0.25, 0.3) is 16.0 Å². The van der Waals surface area contributed by atoms with Crippen molar-refractivity contribution in [2.45, 2.75) is 17.9 Å². The van der Waals surface area contributed by atoms with E-state index >= 15 is 0 Å². The van der Waals surface area contributed by atoms with Crippen molar-refractivity contribution >= 4 is 26.9 Å². The molecule has 0 aliphatic rings. The number of aryl methyl sites for hydroxylation is 1. The smallest absolute Gasteiger partial charge is 0.298 e. The van der Waals surface area contributed by atoms with Crippen LogP contribution in [0.1, 0.15) is 17.2 Å². The molecule has 2 aromatic carbocycles. The van der Waals surface area contributed by atoms with Crippen LogP contribution in [-0.4, -0.2) is 19.3 Å². The van der Waals surface area contributed by atoms with Crippen molar-refractivity contribution in [1.82, 2.24) is 4.98 Å². The highest BCUT2D eigenvalue weighted by Crippen LogP contribution is 2.29. The molecule has 3 N–H and O–H groups in total. The number of nitrogens with two attached hydrogens (primary N) is 1. The van der Waals surface area contributed by atoms with Crippen LogP contribution in [0.4, 0.5) is 0 Å². The maximum atomic E-state index is 12.4. The molecule has 0 unspecified atom stereocenters. The molecule has 3 rings (SSSR count). The van der Waals surface area contributed by atoms with Gasteiger partial charge in [0.15, 0.2) is 6.10 Å². The lowest BCUT2D eigenvalue weighted by Crippen LogP contribution is -2.26. The second kappa shape index (κ2) is 6.10. The Labute approximate surface area is 139 Å². The molecule has 6 nitrogen and oxygen atoms in total. The minimum absolute atomic E-state index is 0.0285. The molecule has 0 spiro atoms. The molecule has 1 aromatic heterocycles. The van der Waals surface area contributed by atoms with Gasteiger partial charge in [0.05, 0.1) is 4.90 Å². The Morgan fingerprint density at radius 1 is 1.12 bits per heavy atom. The second-order valence-corrected chi connectivity index (χ2v) is 7.01. The number of hydrogen-bond donors (Lipinski definition) is 2. The number of benzene rings is 2. The number of aromatic nitrogens is 1. The van der Waals surface area contributed by atoms with Gasteiger partial charge in [-0.05, 0) is 25.1 Å². The van der Waals surface area contributed by atoms with Crippen molar-refractivity contribution in [2.75, 3.05) is 0 Å². The molecule has 7 heteroatoms. The first-order valence-electron chi connectivity index (χ1n) is 7.24. The molecule has 0 fully saturated rings. The highest BCUT2D eigenvalue weighted by Gasteiger charge is 2.29. The molecule has 0 saturated carbocycles. The summed E-state index contributed by atoms with van der Waals surface area (Å²) in [4.78, 5) is 14.8. The highest BCUT2D eigenvalue weighted by molar-refractivity contribution is 7.86. The normalized spacial score (nSPS) is 13.0.